The third-order valence-corrected chi connectivity index (χ3v) is 1.12. The van der Waals surface area contributed by atoms with Crippen LogP contribution in [0.3, 0.4) is 0 Å². The Bertz CT molecular complexity index is 143. The topological polar surface area (TPSA) is 38.3 Å². The Morgan fingerprint density at radius 2 is 2.36 bits per heavy atom. The van der Waals surface area contributed by atoms with Crippen molar-refractivity contribution in [1.29, 1.82) is 0 Å². The average Bonchev–Trinajstić information content (AvgIpc) is 1.87. The van der Waals surface area contributed by atoms with E-state index < -0.39 is 0 Å². The molecular weight excluding hydrogens is 142 g/mol. The van der Waals surface area contributed by atoms with Gasteiger partial charge in [-0.05, 0) is 19.9 Å². The van der Waals surface area contributed by atoms with E-state index in [2.05, 4.69) is 5.32 Å². The molecule has 0 aromatic carbocycles. The molecule has 0 spiro atoms. The van der Waals surface area contributed by atoms with Crippen LogP contribution in [0.1, 0.15) is 13.8 Å². The highest BCUT2D eigenvalue weighted by Gasteiger charge is 2.01. The number of methoxy groups -OCH3 is 1. The van der Waals surface area contributed by atoms with E-state index in [0.29, 0.717) is 6.61 Å². The van der Waals surface area contributed by atoms with Crippen molar-refractivity contribution in [1.82, 2.24) is 5.32 Å². The highest BCUT2D eigenvalue weighted by Crippen LogP contribution is 1.82. The van der Waals surface area contributed by atoms with Crippen molar-refractivity contribution in [3.05, 3.63) is 12.2 Å². The third-order valence-electron chi connectivity index (χ3n) is 1.12. The molecule has 1 amide bonds. The van der Waals surface area contributed by atoms with Gasteiger partial charge in [-0.1, -0.05) is 6.08 Å². The van der Waals surface area contributed by atoms with E-state index in [0.717, 1.165) is 0 Å². The zero-order chi connectivity index (χ0) is 8.69. The fraction of sp³-hybridized carbons (Fsp3) is 0.625. The second kappa shape index (κ2) is 5.92. The molecular formula is C8H15NO2. The summed E-state index contributed by atoms with van der Waals surface area (Å²) in [4.78, 5) is 10.9. The number of carbonyl (C=O) groups is 1. The zero-order valence-corrected chi connectivity index (χ0v) is 7.26. The summed E-state index contributed by atoms with van der Waals surface area (Å²) >= 11 is 0. The van der Waals surface area contributed by atoms with E-state index in [4.69, 9.17) is 4.74 Å². The second-order valence-electron chi connectivity index (χ2n) is 2.36. The van der Waals surface area contributed by atoms with Gasteiger partial charge in [-0.15, -0.1) is 0 Å². The first-order chi connectivity index (χ1) is 5.20. The highest BCUT2D eigenvalue weighted by atomic mass is 16.5. The Morgan fingerprint density at radius 1 is 1.73 bits per heavy atom. The molecule has 3 nitrogen and oxygen atoms in total. The van der Waals surface area contributed by atoms with Crippen LogP contribution in [0.15, 0.2) is 12.2 Å². The maximum Gasteiger partial charge on any atom is 0.243 e. The molecule has 11 heavy (non-hydrogen) atoms. The predicted octanol–water partition coefficient (Wildman–Crippen LogP) is 0.714. The Balaban J connectivity index is 3.57. The molecule has 0 aliphatic carbocycles. The lowest BCUT2D eigenvalue weighted by Gasteiger charge is -2.10. The van der Waals surface area contributed by atoms with Crippen LogP contribution in [-0.2, 0) is 9.53 Å². The first-order valence-electron chi connectivity index (χ1n) is 3.62. The van der Waals surface area contributed by atoms with Gasteiger partial charge in [-0.25, -0.2) is 0 Å². The summed E-state index contributed by atoms with van der Waals surface area (Å²) < 4.78 is 4.84. The molecule has 0 aromatic rings. The van der Waals surface area contributed by atoms with Crippen LogP contribution < -0.4 is 5.32 Å². The minimum atomic E-state index is -0.0722. The highest BCUT2D eigenvalue weighted by molar-refractivity contribution is 5.87. The van der Waals surface area contributed by atoms with Gasteiger partial charge in [0.15, 0.2) is 0 Å². The van der Waals surface area contributed by atoms with Gasteiger partial charge >= 0.3 is 0 Å². The number of allylic oxidation sites excluding steroid dienone is 1. The molecule has 0 rings (SSSR count). The Hall–Kier alpha value is -0.830. The van der Waals surface area contributed by atoms with Crippen molar-refractivity contribution >= 4 is 5.91 Å². The van der Waals surface area contributed by atoms with Crippen molar-refractivity contribution in [2.24, 2.45) is 0 Å². The number of ether oxygens (including phenoxy) is 1. The second-order valence-corrected chi connectivity index (χ2v) is 2.36. The molecule has 0 aliphatic heterocycles. The van der Waals surface area contributed by atoms with E-state index in [9.17, 15) is 4.79 Å². The monoisotopic (exact) mass is 157 g/mol. The molecule has 1 atom stereocenters. The summed E-state index contributed by atoms with van der Waals surface area (Å²) in [5.41, 5.74) is 0. The summed E-state index contributed by atoms with van der Waals surface area (Å²) in [6, 6.07) is 0.0729. The van der Waals surface area contributed by atoms with Gasteiger partial charge in [-0.2, -0.15) is 0 Å². The van der Waals surface area contributed by atoms with Crippen molar-refractivity contribution in [3.8, 4) is 0 Å². The van der Waals surface area contributed by atoms with Crippen molar-refractivity contribution < 1.29 is 9.53 Å². The molecule has 0 aliphatic rings. The number of nitrogens with one attached hydrogen (secondary N) is 1. The lowest BCUT2D eigenvalue weighted by molar-refractivity contribution is -0.117. The van der Waals surface area contributed by atoms with Crippen LogP contribution >= 0.6 is 0 Å². The van der Waals surface area contributed by atoms with Crippen LogP contribution in [0, 0.1) is 0 Å². The largest absolute Gasteiger partial charge is 0.383 e. The lowest BCUT2D eigenvalue weighted by Crippen LogP contribution is -2.34. The standard InChI is InChI=1S/C8H15NO2/c1-4-5-8(10)9-7(2)6-11-3/h4-5,7H,6H2,1-3H3,(H,9,10). The maximum atomic E-state index is 10.9. The van der Waals surface area contributed by atoms with Crippen molar-refractivity contribution in [2.45, 2.75) is 19.9 Å². The summed E-state index contributed by atoms with van der Waals surface area (Å²) in [6.07, 6.45) is 3.20. The van der Waals surface area contributed by atoms with Crippen LogP contribution in [0.4, 0.5) is 0 Å². The van der Waals surface area contributed by atoms with Gasteiger partial charge in [0.05, 0.1) is 6.61 Å². The molecule has 0 saturated heterocycles. The van der Waals surface area contributed by atoms with Gasteiger partial charge in [0.1, 0.15) is 0 Å². The zero-order valence-electron chi connectivity index (χ0n) is 7.26. The predicted molar refractivity (Wildman–Crippen MR) is 44.3 cm³/mol. The number of hydrogen-bond acceptors (Lipinski definition) is 2. The summed E-state index contributed by atoms with van der Waals surface area (Å²) in [5.74, 6) is -0.0722. The third kappa shape index (κ3) is 5.61. The van der Waals surface area contributed by atoms with Crippen LogP contribution in [-0.4, -0.2) is 25.7 Å². The van der Waals surface area contributed by atoms with E-state index in [1.54, 1.807) is 20.1 Å². The van der Waals surface area contributed by atoms with Crippen LogP contribution in [0.2, 0.25) is 0 Å². The van der Waals surface area contributed by atoms with E-state index in [-0.39, 0.29) is 11.9 Å². The number of hydrogen-bond donors (Lipinski definition) is 1. The van der Waals surface area contributed by atoms with Crippen LogP contribution in [0.25, 0.3) is 0 Å². The Morgan fingerprint density at radius 3 is 2.82 bits per heavy atom. The first-order valence-corrected chi connectivity index (χ1v) is 3.62. The summed E-state index contributed by atoms with van der Waals surface area (Å²) in [7, 11) is 1.61. The molecule has 0 fully saturated rings. The fourth-order valence-electron chi connectivity index (χ4n) is 0.734. The van der Waals surface area contributed by atoms with Gasteiger partial charge in [0.25, 0.3) is 0 Å². The molecule has 0 heterocycles. The van der Waals surface area contributed by atoms with E-state index >= 15 is 0 Å². The molecule has 1 unspecified atom stereocenters. The molecule has 0 saturated carbocycles. The molecule has 0 aromatic heterocycles. The molecule has 1 N–H and O–H groups in total. The number of carbonyl (C=O) groups excluding carboxylic acids is 1. The van der Waals surface area contributed by atoms with Gasteiger partial charge in [0.2, 0.25) is 5.91 Å². The van der Waals surface area contributed by atoms with Gasteiger partial charge in [-0.3, -0.25) is 4.79 Å². The van der Waals surface area contributed by atoms with Crippen LogP contribution in [0.5, 0.6) is 0 Å². The Labute approximate surface area is 67.4 Å². The minimum absolute atomic E-state index is 0.0722. The number of rotatable bonds is 4. The lowest BCUT2D eigenvalue weighted by atomic mass is 10.3. The quantitative estimate of drug-likeness (QED) is 0.610. The van der Waals surface area contributed by atoms with Gasteiger partial charge in [0, 0.05) is 13.2 Å². The molecule has 0 radical (unpaired) electrons. The minimum Gasteiger partial charge on any atom is -0.383 e. The molecule has 0 bridgehead atoms. The normalized spacial score (nSPS) is 13.4. The Kier molecular flexibility index (Phi) is 5.47. The van der Waals surface area contributed by atoms with E-state index in [1.807, 2.05) is 6.92 Å². The number of amides is 1. The average molecular weight is 157 g/mol. The van der Waals surface area contributed by atoms with Gasteiger partial charge < -0.3 is 10.1 Å². The van der Waals surface area contributed by atoms with Crippen molar-refractivity contribution in [3.63, 3.8) is 0 Å². The SMILES string of the molecule is CC=CC(=O)NC(C)COC. The molecule has 64 valence electrons. The van der Waals surface area contributed by atoms with E-state index in [1.165, 1.54) is 6.08 Å². The van der Waals surface area contributed by atoms with Crippen molar-refractivity contribution in [2.75, 3.05) is 13.7 Å². The summed E-state index contributed by atoms with van der Waals surface area (Å²) in [5, 5.41) is 2.73. The molecule has 3 heteroatoms. The smallest absolute Gasteiger partial charge is 0.243 e. The fourth-order valence-corrected chi connectivity index (χ4v) is 0.734. The first kappa shape index (κ1) is 10.2. The maximum absolute atomic E-state index is 10.9. The summed E-state index contributed by atoms with van der Waals surface area (Å²) in [6.45, 7) is 4.24.